The van der Waals surface area contributed by atoms with Gasteiger partial charge in [-0.05, 0) is 47.9 Å². The topological polar surface area (TPSA) is 69.6 Å². The van der Waals surface area contributed by atoms with E-state index in [0.717, 1.165) is 22.9 Å². The zero-order valence-electron chi connectivity index (χ0n) is 10.7. The van der Waals surface area contributed by atoms with Gasteiger partial charge in [0.25, 0.3) is 0 Å². The third-order valence-electron chi connectivity index (χ3n) is 3.26. The lowest BCUT2D eigenvalue weighted by Gasteiger charge is -2.20. The molecule has 0 aliphatic heterocycles. The number of anilines is 1. The van der Waals surface area contributed by atoms with Crippen molar-refractivity contribution in [3.8, 4) is 0 Å². The van der Waals surface area contributed by atoms with Crippen LogP contribution in [0.3, 0.4) is 0 Å². The molecule has 1 fully saturated rings. The van der Waals surface area contributed by atoms with Gasteiger partial charge in [-0.1, -0.05) is 0 Å². The molecule has 1 saturated carbocycles. The van der Waals surface area contributed by atoms with Crippen molar-refractivity contribution in [2.24, 2.45) is 0 Å². The second-order valence-corrected chi connectivity index (χ2v) is 5.80. The normalized spacial score (nSPS) is 14.2. The number of nitrogens with one attached hydrogen (secondary N) is 1. The van der Waals surface area contributed by atoms with Crippen LogP contribution in [0.25, 0.3) is 10.1 Å². The third-order valence-corrected chi connectivity index (χ3v) is 4.16. The number of hydrogen-bond donors (Lipinski definition) is 2. The molecule has 1 aromatic heterocycles. The molecule has 104 valence electrons. The van der Waals surface area contributed by atoms with Gasteiger partial charge in [0, 0.05) is 16.4 Å². The van der Waals surface area contributed by atoms with E-state index < -0.39 is 5.97 Å². The fourth-order valence-corrected chi connectivity index (χ4v) is 2.91. The fraction of sp³-hybridized carbons (Fsp3) is 0.286. The average Bonchev–Trinajstić information content (AvgIpc) is 3.13. The van der Waals surface area contributed by atoms with Crippen LogP contribution in [-0.2, 0) is 4.79 Å². The molecule has 0 atom stereocenters. The summed E-state index contributed by atoms with van der Waals surface area (Å²) in [4.78, 5) is 24.4. The van der Waals surface area contributed by atoms with E-state index >= 15 is 0 Å². The van der Waals surface area contributed by atoms with Crippen LogP contribution in [0.15, 0.2) is 29.6 Å². The first kappa shape index (κ1) is 12.9. The highest BCUT2D eigenvalue weighted by Crippen LogP contribution is 2.28. The molecule has 2 amide bonds. The van der Waals surface area contributed by atoms with Crippen LogP contribution in [0.2, 0.25) is 0 Å². The van der Waals surface area contributed by atoms with Crippen LogP contribution in [0, 0.1) is 0 Å². The van der Waals surface area contributed by atoms with Gasteiger partial charge in [-0.3, -0.25) is 4.79 Å². The summed E-state index contributed by atoms with van der Waals surface area (Å²) in [6.07, 6.45) is 1.76. The molecule has 3 rings (SSSR count). The van der Waals surface area contributed by atoms with Gasteiger partial charge in [-0.2, -0.15) is 0 Å². The predicted molar refractivity (Wildman–Crippen MR) is 78.2 cm³/mol. The SMILES string of the molecule is O=C(O)CN(C(=O)Nc1ccc2sccc2c1)C1CC1. The first-order chi connectivity index (χ1) is 9.63. The zero-order valence-corrected chi connectivity index (χ0v) is 11.5. The van der Waals surface area contributed by atoms with Crippen molar-refractivity contribution in [1.82, 2.24) is 4.90 Å². The minimum Gasteiger partial charge on any atom is -0.480 e. The molecule has 6 heteroatoms. The summed E-state index contributed by atoms with van der Waals surface area (Å²) in [6.45, 7) is -0.253. The minimum atomic E-state index is -0.986. The number of carbonyl (C=O) groups is 2. The van der Waals surface area contributed by atoms with Gasteiger partial charge in [-0.15, -0.1) is 11.3 Å². The fourth-order valence-electron chi connectivity index (χ4n) is 2.14. The van der Waals surface area contributed by atoms with Gasteiger partial charge >= 0.3 is 12.0 Å². The molecular formula is C14H14N2O3S. The zero-order chi connectivity index (χ0) is 14.1. The first-order valence-electron chi connectivity index (χ1n) is 6.40. The highest BCUT2D eigenvalue weighted by Gasteiger charge is 2.33. The second-order valence-electron chi connectivity index (χ2n) is 4.86. The highest BCUT2D eigenvalue weighted by atomic mass is 32.1. The third kappa shape index (κ3) is 2.75. The Balaban J connectivity index is 1.74. The van der Waals surface area contributed by atoms with Crippen molar-refractivity contribution in [2.45, 2.75) is 18.9 Å². The van der Waals surface area contributed by atoms with Gasteiger partial charge in [0.2, 0.25) is 0 Å². The summed E-state index contributed by atoms with van der Waals surface area (Å²) in [6, 6.07) is 7.40. The highest BCUT2D eigenvalue weighted by molar-refractivity contribution is 7.17. The van der Waals surface area contributed by atoms with Gasteiger partial charge in [-0.25, -0.2) is 4.79 Å². The van der Waals surface area contributed by atoms with E-state index in [4.69, 9.17) is 5.11 Å². The maximum Gasteiger partial charge on any atom is 0.323 e. The van der Waals surface area contributed by atoms with Gasteiger partial charge in [0.05, 0.1) is 0 Å². The second kappa shape index (κ2) is 5.13. The lowest BCUT2D eigenvalue weighted by Crippen LogP contribution is -2.40. The Kier molecular flexibility index (Phi) is 3.31. The molecule has 1 aromatic carbocycles. The molecule has 0 radical (unpaired) electrons. The summed E-state index contributed by atoms with van der Waals surface area (Å²) in [5.74, 6) is -0.986. The molecule has 5 nitrogen and oxygen atoms in total. The Morgan fingerprint density at radius 1 is 1.35 bits per heavy atom. The number of nitrogens with zero attached hydrogens (tertiary/aromatic N) is 1. The van der Waals surface area contributed by atoms with Crippen molar-refractivity contribution >= 4 is 39.1 Å². The summed E-state index contributed by atoms with van der Waals surface area (Å²) in [5, 5.41) is 14.7. The number of fused-ring (bicyclic) bond motifs is 1. The average molecular weight is 290 g/mol. The van der Waals surface area contributed by atoms with E-state index in [1.54, 1.807) is 11.3 Å². The lowest BCUT2D eigenvalue weighted by molar-refractivity contribution is -0.137. The van der Waals surface area contributed by atoms with E-state index in [2.05, 4.69) is 5.32 Å². The largest absolute Gasteiger partial charge is 0.480 e. The number of aliphatic carboxylic acids is 1. The van der Waals surface area contributed by atoms with E-state index in [1.807, 2.05) is 29.6 Å². The smallest absolute Gasteiger partial charge is 0.323 e. The number of amides is 2. The number of carboxylic acids is 1. The number of rotatable bonds is 4. The van der Waals surface area contributed by atoms with Crippen LogP contribution in [0.1, 0.15) is 12.8 Å². The Morgan fingerprint density at radius 2 is 2.15 bits per heavy atom. The van der Waals surface area contributed by atoms with Gasteiger partial charge in [0.1, 0.15) is 6.54 Å². The maximum atomic E-state index is 12.2. The molecule has 2 N–H and O–H groups in total. The molecule has 1 aliphatic rings. The van der Waals surface area contributed by atoms with Crippen LogP contribution >= 0.6 is 11.3 Å². The van der Waals surface area contributed by atoms with Crippen LogP contribution < -0.4 is 5.32 Å². The Hall–Kier alpha value is -2.08. The molecule has 0 spiro atoms. The molecule has 1 aliphatic carbocycles. The molecule has 0 saturated heterocycles. The Bertz CT molecular complexity index is 663. The number of urea groups is 1. The van der Waals surface area contributed by atoms with Gasteiger partial charge < -0.3 is 15.3 Å². The van der Waals surface area contributed by atoms with Crippen molar-refractivity contribution < 1.29 is 14.7 Å². The maximum absolute atomic E-state index is 12.2. The number of benzene rings is 1. The number of hydrogen-bond acceptors (Lipinski definition) is 3. The van der Waals surface area contributed by atoms with Crippen LogP contribution in [-0.4, -0.2) is 34.6 Å². The molecule has 2 aromatic rings. The summed E-state index contributed by atoms with van der Waals surface area (Å²) < 4.78 is 1.16. The monoisotopic (exact) mass is 290 g/mol. The van der Waals surface area contributed by atoms with Crippen molar-refractivity contribution in [1.29, 1.82) is 0 Å². The van der Waals surface area contributed by atoms with E-state index in [9.17, 15) is 9.59 Å². The predicted octanol–water partition coefficient (Wildman–Crippen LogP) is 2.98. The van der Waals surface area contributed by atoms with Crippen molar-refractivity contribution in [2.75, 3.05) is 11.9 Å². The molecule has 1 heterocycles. The Morgan fingerprint density at radius 3 is 2.85 bits per heavy atom. The molecule has 0 bridgehead atoms. The minimum absolute atomic E-state index is 0.0657. The molecular weight excluding hydrogens is 276 g/mol. The van der Waals surface area contributed by atoms with E-state index in [1.165, 1.54) is 4.90 Å². The standard InChI is InChI=1S/C14H14N2O3S/c17-13(18)8-16(11-2-3-11)14(19)15-10-1-4-12-9(7-10)5-6-20-12/h1,4-7,11H,2-3,8H2,(H,15,19)(H,17,18). The molecule has 0 unspecified atom stereocenters. The number of carbonyl (C=O) groups excluding carboxylic acids is 1. The molecule has 20 heavy (non-hydrogen) atoms. The number of carboxylic acid groups (broad SMARTS) is 1. The van der Waals surface area contributed by atoms with E-state index in [-0.39, 0.29) is 18.6 Å². The Labute approximate surface area is 119 Å². The van der Waals surface area contributed by atoms with Crippen molar-refractivity contribution in [3.63, 3.8) is 0 Å². The summed E-state index contributed by atoms with van der Waals surface area (Å²) in [5.41, 5.74) is 0.692. The quantitative estimate of drug-likeness (QED) is 0.909. The van der Waals surface area contributed by atoms with Crippen molar-refractivity contribution in [3.05, 3.63) is 29.6 Å². The summed E-state index contributed by atoms with van der Waals surface area (Å²) in [7, 11) is 0. The van der Waals surface area contributed by atoms with Gasteiger partial charge in [0.15, 0.2) is 0 Å². The number of thiophene rings is 1. The van der Waals surface area contributed by atoms with Crippen LogP contribution in [0.5, 0.6) is 0 Å². The van der Waals surface area contributed by atoms with Crippen LogP contribution in [0.4, 0.5) is 10.5 Å². The lowest BCUT2D eigenvalue weighted by atomic mass is 10.2. The first-order valence-corrected chi connectivity index (χ1v) is 7.28. The summed E-state index contributed by atoms with van der Waals surface area (Å²) >= 11 is 1.64. The van der Waals surface area contributed by atoms with E-state index in [0.29, 0.717) is 5.69 Å².